The highest BCUT2D eigenvalue weighted by Crippen LogP contribution is 2.38. The highest BCUT2D eigenvalue weighted by Gasteiger charge is 2.27. The second-order valence-corrected chi connectivity index (χ2v) is 7.75. The molecular formula is C22H25ClN2. The van der Waals surface area contributed by atoms with Crippen molar-refractivity contribution >= 4 is 22.5 Å². The average molecular weight is 353 g/mol. The minimum atomic E-state index is 0.436. The van der Waals surface area contributed by atoms with Gasteiger partial charge in [-0.2, -0.15) is 0 Å². The Morgan fingerprint density at radius 1 is 1.12 bits per heavy atom. The maximum atomic E-state index is 6.32. The summed E-state index contributed by atoms with van der Waals surface area (Å²) in [5.74, 6) is 0. The zero-order chi connectivity index (χ0) is 17.6. The van der Waals surface area contributed by atoms with Crippen LogP contribution in [-0.2, 0) is 19.4 Å². The van der Waals surface area contributed by atoms with E-state index in [1.807, 2.05) is 6.07 Å². The van der Waals surface area contributed by atoms with Crippen LogP contribution in [-0.4, -0.2) is 23.1 Å². The van der Waals surface area contributed by atoms with Crippen LogP contribution in [0.25, 0.3) is 10.9 Å². The molecule has 2 nitrogen and oxygen atoms in total. The Balaban J connectivity index is 1.76. The van der Waals surface area contributed by atoms with Gasteiger partial charge in [-0.1, -0.05) is 41.4 Å². The first kappa shape index (κ1) is 16.7. The van der Waals surface area contributed by atoms with Gasteiger partial charge in [-0.3, -0.25) is 4.90 Å². The number of aromatic nitrogens is 1. The number of nitrogens with zero attached hydrogens (tertiary/aromatic N) is 2. The Morgan fingerprint density at radius 3 is 2.64 bits per heavy atom. The Hall–Kier alpha value is -1.77. The number of benzene rings is 2. The van der Waals surface area contributed by atoms with E-state index in [9.17, 15) is 0 Å². The molecule has 0 amide bonds. The molecule has 0 N–H and O–H groups in total. The second kappa shape index (κ2) is 6.51. The van der Waals surface area contributed by atoms with Crippen molar-refractivity contribution in [3.63, 3.8) is 0 Å². The summed E-state index contributed by atoms with van der Waals surface area (Å²) in [5, 5.41) is 2.15. The van der Waals surface area contributed by atoms with Gasteiger partial charge in [0.25, 0.3) is 0 Å². The third-order valence-electron chi connectivity index (χ3n) is 5.70. The lowest BCUT2D eigenvalue weighted by Gasteiger charge is -2.31. The first-order chi connectivity index (χ1) is 12.0. The van der Waals surface area contributed by atoms with Crippen LogP contribution < -0.4 is 0 Å². The average Bonchev–Trinajstić information content (AvgIpc) is 2.91. The Morgan fingerprint density at radius 2 is 1.88 bits per heavy atom. The molecule has 130 valence electrons. The molecule has 0 spiro atoms. The van der Waals surface area contributed by atoms with Gasteiger partial charge in [0.1, 0.15) is 0 Å². The summed E-state index contributed by atoms with van der Waals surface area (Å²) in [6, 6.07) is 15.7. The van der Waals surface area contributed by atoms with Crippen LogP contribution in [0.5, 0.6) is 0 Å². The minimum Gasteiger partial charge on any atom is -0.344 e. The zero-order valence-electron chi connectivity index (χ0n) is 15.2. The molecule has 0 fully saturated rings. The lowest BCUT2D eigenvalue weighted by Crippen LogP contribution is -2.31. The quantitative estimate of drug-likeness (QED) is 0.613. The summed E-state index contributed by atoms with van der Waals surface area (Å²) < 4.78 is 2.53. The van der Waals surface area contributed by atoms with Crippen molar-refractivity contribution in [1.82, 2.24) is 9.47 Å². The summed E-state index contributed by atoms with van der Waals surface area (Å²) in [4.78, 5) is 2.44. The third-order valence-corrected chi connectivity index (χ3v) is 5.94. The van der Waals surface area contributed by atoms with E-state index in [1.165, 1.54) is 33.3 Å². The normalized spacial score (nSPS) is 17.8. The summed E-state index contributed by atoms with van der Waals surface area (Å²) in [6.07, 6.45) is 2.17. The molecule has 0 radical (unpaired) electrons. The molecule has 3 aromatic rings. The molecule has 25 heavy (non-hydrogen) atoms. The van der Waals surface area contributed by atoms with E-state index >= 15 is 0 Å². The molecule has 1 aliphatic rings. The van der Waals surface area contributed by atoms with Gasteiger partial charge in [0.2, 0.25) is 0 Å². The largest absolute Gasteiger partial charge is 0.344 e. The van der Waals surface area contributed by atoms with E-state index in [0.29, 0.717) is 6.04 Å². The van der Waals surface area contributed by atoms with Gasteiger partial charge in [-0.15, -0.1) is 0 Å². The SMILES string of the molecule is Cc1ccc(CCn2c3c(c4cc(Cl)ccc42)C(C)N(C)CC3)cc1. The van der Waals surface area contributed by atoms with Gasteiger partial charge >= 0.3 is 0 Å². The number of rotatable bonds is 3. The molecule has 4 rings (SSSR count). The molecule has 0 aliphatic carbocycles. The number of hydrogen-bond donors (Lipinski definition) is 0. The molecule has 3 heteroatoms. The Labute approximate surface area is 155 Å². The lowest BCUT2D eigenvalue weighted by molar-refractivity contribution is 0.245. The van der Waals surface area contributed by atoms with Crippen molar-refractivity contribution in [2.75, 3.05) is 13.6 Å². The molecule has 2 aromatic carbocycles. The predicted molar refractivity (Wildman–Crippen MR) is 107 cm³/mol. The summed E-state index contributed by atoms with van der Waals surface area (Å²) in [6.45, 7) is 6.58. The molecule has 1 aromatic heterocycles. The summed E-state index contributed by atoms with van der Waals surface area (Å²) in [7, 11) is 2.22. The van der Waals surface area contributed by atoms with E-state index in [0.717, 1.165) is 31.0 Å². The number of fused-ring (bicyclic) bond motifs is 3. The van der Waals surface area contributed by atoms with Crippen molar-refractivity contribution in [1.29, 1.82) is 0 Å². The maximum absolute atomic E-state index is 6.32. The number of aryl methyl sites for hydroxylation is 3. The molecular weight excluding hydrogens is 328 g/mol. The van der Waals surface area contributed by atoms with Gasteiger partial charge in [-0.25, -0.2) is 0 Å². The third kappa shape index (κ3) is 2.98. The standard InChI is InChI=1S/C22H25ClN2/c1-15-4-6-17(7-5-15)10-13-25-20-9-8-18(23)14-19(20)22-16(2)24(3)12-11-21(22)25/h4-9,14,16H,10-13H2,1-3H3. The van der Waals surface area contributed by atoms with E-state index in [1.54, 1.807) is 0 Å². The van der Waals surface area contributed by atoms with Gasteiger partial charge in [0.05, 0.1) is 0 Å². The molecule has 0 saturated heterocycles. The predicted octanol–water partition coefficient (Wildman–Crippen LogP) is 5.39. The fourth-order valence-corrected chi connectivity index (χ4v) is 4.26. The first-order valence-electron chi connectivity index (χ1n) is 9.11. The molecule has 2 heterocycles. The zero-order valence-corrected chi connectivity index (χ0v) is 16.0. The molecule has 0 saturated carbocycles. The van der Waals surface area contributed by atoms with Crippen LogP contribution in [0.1, 0.15) is 35.3 Å². The van der Waals surface area contributed by atoms with Crippen LogP contribution in [0.4, 0.5) is 0 Å². The second-order valence-electron chi connectivity index (χ2n) is 7.32. The first-order valence-corrected chi connectivity index (χ1v) is 9.48. The van der Waals surface area contributed by atoms with Crippen molar-refractivity contribution < 1.29 is 0 Å². The Bertz CT molecular complexity index is 908. The van der Waals surface area contributed by atoms with Gasteiger partial charge in [0.15, 0.2) is 0 Å². The van der Waals surface area contributed by atoms with Gasteiger partial charge in [-0.05, 0) is 56.6 Å². The molecule has 0 bridgehead atoms. The lowest BCUT2D eigenvalue weighted by atomic mass is 9.97. The highest BCUT2D eigenvalue weighted by molar-refractivity contribution is 6.31. The maximum Gasteiger partial charge on any atom is 0.0487 e. The summed E-state index contributed by atoms with van der Waals surface area (Å²) >= 11 is 6.32. The van der Waals surface area contributed by atoms with Crippen molar-refractivity contribution in [2.45, 2.75) is 39.3 Å². The van der Waals surface area contributed by atoms with E-state index in [2.05, 4.69) is 66.8 Å². The van der Waals surface area contributed by atoms with Gasteiger partial charge < -0.3 is 4.57 Å². The number of halogens is 1. The molecule has 1 unspecified atom stereocenters. The van der Waals surface area contributed by atoms with Crippen LogP contribution >= 0.6 is 11.6 Å². The number of likely N-dealkylation sites (N-methyl/N-ethyl adjacent to an activating group) is 1. The van der Waals surface area contributed by atoms with Crippen molar-refractivity contribution in [3.05, 3.63) is 69.9 Å². The topological polar surface area (TPSA) is 8.17 Å². The van der Waals surface area contributed by atoms with E-state index in [4.69, 9.17) is 11.6 Å². The van der Waals surface area contributed by atoms with Crippen LogP contribution in [0.2, 0.25) is 5.02 Å². The summed E-state index contributed by atoms with van der Waals surface area (Å²) in [5.41, 5.74) is 7.00. The van der Waals surface area contributed by atoms with E-state index in [-0.39, 0.29) is 0 Å². The van der Waals surface area contributed by atoms with Crippen molar-refractivity contribution in [2.24, 2.45) is 0 Å². The fraction of sp³-hybridized carbons (Fsp3) is 0.364. The van der Waals surface area contributed by atoms with Crippen LogP contribution in [0.15, 0.2) is 42.5 Å². The smallest absolute Gasteiger partial charge is 0.0487 e. The van der Waals surface area contributed by atoms with Crippen LogP contribution in [0, 0.1) is 6.92 Å². The fourth-order valence-electron chi connectivity index (χ4n) is 4.09. The minimum absolute atomic E-state index is 0.436. The van der Waals surface area contributed by atoms with E-state index < -0.39 is 0 Å². The Kier molecular flexibility index (Phi) is 4.35. The van der Waals surface area contributed by atoms with Crippen LogP contribution in [0.3, 0.4) is 0 Å². The van der Waals surface area contributed by atoms with Crippen molar-refractivity contribution in [3.8, 4) is 0 Å². The monoisotopic (exact) mass is 352 g/mol. The van der Waals surface area contributed by atoms with Gasteiger partial charge in [0, 0.05) is 47.2 Å². The molecule has 1 aliphatic heterocycles. The number of hydrogen-bond acceptors (Lipinski definition) is 1. The molecule has 1 atom stereocenters. The highest BCUT2D eigenvalue weighted by atomic mass is 35.5.